The molecule has 0 radical (unpaired) electrons. The number of carbonyl (C=O) groups is 1. The number of carbonyl (C=O) groups excluding carboxylic acids is 1. The van der Waals surface area contributed by atoms with Crippen LogP contribution in [-0.4, -0.2) is 94.1 Å². The van der Waals surface area contributed by atoms with Crippen LogP contribution >= 0.6 is 0 Å². The molecule has 2 aromatic carbocycles. The first kappa shape index (κ1) is 28.3. The zero-order valence-corrected chi connectivity index (χ0v) is 24.3. The second-order valence-electron chi connectivity index (χ2n) is 9.74. The summed E-state index contributed by atoms with van der Waals surface area (Å²) in [6.45, 7) is 3.05. The van der Waals surface area contributed by atoms with E-state index >= 15 is 0 Å². The number of nitrogens with zero attached hydrogens (tertiary/aromatic N) is 6. The summed E-state index contributed by atoms with van der Waals surface area (Å²) in [6.07, 6.45) is 2.85. The van der Waals surface area contributed by atoms with E-state index in [1.54, 1.807) is 48.0 Å². The Morgan fingerprint density at radius 2 is 1.85 bits per heavy atom. The standard InChI is InChI=1S/C28H33N7O5S/c1-32(27(36)19-34-13-15-40-16-14-34)20-9-11-23(26(17-20)39-3)30-28-29-18-21-10-12-25(35(21)31-28)22-7-5-6-8-24(22)33(2)41(4,37)38/h5-12,17-18H,13-16,19H2,1-4H3,(H,30,31). The minimum absolute atomic E-state index is 0.0228. The van der Waals surface area contributed by atoms with Crippen LogP contribution in [0.3, 0.4) is 0 Å². The van der Waals surface area contributed by atoms with Gasteiger partial charge in [-0.2, -0.15) is 0 Å². The molecule has 13 heteroatoms. The predicted molar refractivity (Wildman–Crippen MR) is 159 cm³/mol. The van der Waals surface area contributed by atoms with Crippen molar-refractivity contribution in [2.24, 2.45) is 0 Å². The maximum atomic E-state index is 12.9. The number of nitrogens with one attached hydrogen (secondary N) is 1. The van der Waals surface area contributed by atoms with E-state index in [1.165, 1.54) is 17.6 Å². The first-order chi connectivity index (χ1) is 19.7. The third-order valence-corrected chi connectivity index (χ3v) is 8.26. The maximum Gasteiger partial charge on any atom is 0.245 e. The van der Waals surface area contributed by atoms with Crippen molar-refractivity contribution >= 4 is 44.5 Å². The molecule has 0 spiro atoms. The molecule has 1 amide bonds. The molecule has 1 fully saturated rings. The average Bonchev–Trinajstić information content (AvgIpc) is 3.39. The summed E-state index contributed by atoms with van der Waals surface area (Å²) in [5, 5.41) is 7.89. The summed E-state index contributed by atoms with van der Waals surface area (Å²) < 4.78 is 38.5. The van der Waals surface area contributed by atoms with E-state index in [0.29, 0.717) is 59.8 Å². The quantitative estimate of drug-likeness (QED) is 0.319. The summed E-state index contributed by atoms with van der Waals surface area (Å²) in [4.78, 5) is 21.0. The average molecular weight is 580 g/mol. The summed E-state index contributed by atoms with van der Waals surface area (Å²) >= 11 is 0. The van der Waals surface area contributed by atoms with Gasteiger partial charge in [-0.1, -0.05) is 18.2 Å². The Kier molecular flexibility index (Phi) is 8.10. The number of benzene rings is 2. The van der Waals surface area contributed by atoms with Gasteiger partial charge in [0.15, 0.2) is 0 Å². The van der Waals surface area contributed by atoms with E-state index < -0.39 is 10.0 Å². The highest BCUT2D eigenvalue weighted by molar-refractivity contribution is 7.92. The lowest BCUT2D eigenvalue weighted by Crippen LogP contribution is -2.43. The fraction of sp³-hybridized carbons (Fsp3) is 0.321. The number of hydrogen-bond donors (Lipinski definition) is 1. The fourth-order valence-corrected chi connectivity index (χ4v) is 5.14. The molecular weight excluding hydrogens is 546 g/mol. The number of likely N-dealkylation sites (N-methyl/N-ethyl adjacent to an activating group) is 1. The highest BCUT2D eigenvalue weighted by atomic mass is 32.2. The summed E-state index contributed by atoms with van der Waals surface area (Å²) in [7, 11) is 1.36. The number of ether oxygens (including phenoxy) is 2. The zero-order valence-electron chi connectivity index (χ0n) is 23.4. The van der Waals surface area contributed by atoms with Crippen molar-refractivity contribution in [2.75, 3.05) is 74.8 Å². The summed E-state index contributed by atoms with van der Waals surface area (Å²) in [5.74, 6) is 0.808. The predicted octanol–water partition coefficient (Wildman–Crippen LogP) is 2.84. The minimum atomic E-state index is -3.47. The Balaban J connectivity index is 1.40. The van der Waals surface area contributed by atoms with Gasteiger partial charge in [-0.15, -0.1) is 5.10 Å². The molecule has 2 aromatic heterocycles. The SMILES string of the molecule is COc1cc(N(C)C(=O)CN2CCOCC2)ccc1Nc1ncc2ccc(-c3ccccc3N(C)S(C)(=O)=O)n2n1. The molecule has 0 bridgehead atoms. The number of methoxy groups -OCH3 is 1. The number of fused-ring (bicyclic) bond motifs is 1. The Morgan fingerprint density at radius 1 is 1.10 bits per heavy atom. The van der Waals surface area contributed by atoms with Crippen LogP contribution in [0.2, 0.25) is 0 Å². The van der Waals surface area contributed by atoms with Crippen LogP contribution in [0.5, 0.6) is 5.75 Å². The van der Waals surface area contributed by atoms with Crippen LogP contribution in [0.15, 0.2) is 60.8 Å². The number of morpholine rings is 1. The van der Waals surface area contributed by atoms with Gasteiger partial charge >= 0.3 is 0 Å². The Morgan fingerprint density at radius 3 is 2.59 bits per heavy atom. The molecule has 1 saturated heterocycles. The summed E-state index contributed by atoms with van der Waals surface area (Å²) in [6, 6.07) is 16.4. The molecule has 12 nitrogen and oxygen atoms in total. The largest absolute Gasteiger partial charge is 0.494 e. The van der Waals surface area contributed by atoms with E-state index in [0.717, 1.165) is 18.6 Å². The lowest BCUT2D eigenvalue weighted by molar-refractivity contribution is -0.120. The molecule has 1 aliphatic rings. The van der Waals surface area contributed by atoms with Crippen molar-refractivity contribution in [1.29, 1.82) is 0 Å². The third kappa shape index (κ3) is 6.11. The van der Waals surface area contributed by atoms with Crippen molar-refractivity contribution in [3.8, 4) is 17.0 Å². The van der Waals surface area contributed by atoms with Gasteiger partial charge in [0.25, 0.3) is 0 Å². The van der Waals surface area contributed by atoms with Crippen LogP contribution in [0, 0.1) is 0 Å². The molecule has 216 valence electrons. The van der Waals surface area contributed by atoms with Crippen LogP contribution in [-0.2, 0) is 19.6 Å². The van der Waals surface area contributed by atoms with Crippen LogP contribution < -0.4 is 19.3 Å². The number of hydrogen-bond acceptors (Lipinski definition) is 9. The Hall–Kier alpha value is -4.20. The second kappa shape index (κ2) is 11.7. The van der Waals surface area contributed by atoms with Crippen molar-refractivity contribution < 1.29 is 22.7 Å². The van der Waals surface area contributed by atoms with Crippen molar-refractivity contribution in [3.63, 3.8) is 0 Å². The molecule has 0 atom stereocenters. The molecule has 41 heavy (non-hydrogen) atoms. The molecule has 5 rings (SSSR count). The lowest BCUT2D eigenvalue weighted by atomic mass is 10.1. The fourth-order valence-electron chi connectivity index (χ4n) is 4.62. The molecule has 4 aromatic rings. The van der Waals surface area contributed by atoms with Crippen molar-refractivity contribution in [2.45, 2.75) is 0 Å². The van der Waals surface area contributed by atoms with Gasteiger partial charge in [-0.25, -0.2) is 17.9 Å². The highest BCUT2D eigenvalue weighted by Gasteiger charge is 2.21. The number of amides is 1. The zero-order chi connectivity index (χ0) is 29.1. The summed E-state index contributed by atoms with van der Waals surface area (Å²) in [5.41, 5.74) is 4.01. The minimum Gasteiger partial charge on any atom is -0.494 e. The number of sulfonamides is 1. The number of para-hydroxylation sites is 1. The molecule has 1 aliphatic heterocycles. The van der Waals surface area contributed by atoms with E-state index in [1.807, 2.05) is 36.4 Å². The van der Waals surface area contributed by atoms with E-state index in [9.17, 15) is 13.2 Å². The van der Waals surface area contributed by atoms with Gasteiger partial charge in [-0.3, -0.25) is 14.0 Å². The van der Waals surface area contributed by atoms with Gasteiger partial charge in [0, 0.05) is 44.5 Å². The number of anilines is 4. The normalized spacial score (nSPS) is 14.1. The molecule has 3 heterocycles. The van der Waals surface area contributed by atoms with Gasteiger partial charge < -0.3 is 19.7 Å². The van der Waals surface area contributed by atoms with Gasteiger partial charge in [-0.05, 0) is 30.3 Å². The smallest absolute Gasteiger partial charge is 0.245 e. The molecule has 0 saturated carbocycles. The van der Waals surface area contributed by atoms with Gasteiger partial charge in [0.1, 0.15) is 5.75 Å². The molecule has 0 aliphatic carbocycles. The van der Waals surface area contributed by atoms with Crippen molar-refractivity contribution in [3.05, 3.63) is 60.8 Å². The molecule has 0 unspecified atom stereocenters. The van der Waals surface area contributed by atoms with E-state index in [2.05, 4.69) is 20.3 Å². The van der Waals surface area contributed by atoms with Gasteiger partial charge in [0.05, 0.1) is 61.9 Å². The number of aromatic nitrogens is 3. The van der Waals surface area contributed by atoms with Crippen LogP contribution in [0.25, 0.3) is 16.8 Å². The highest BCUT2D eigenvalue weighted by Crippen LogP contribution is 2.34. The van der Waals surface area contributed by atoms with Gasteiger partial charge in [0.2, 0.25) is 21.9 Å². The Labute approximate surface area is 239 Å². The second-order valence-corrected chi connectivity index (χ2v) is 11.7. The topological polar surface area (TPSA) is 122 Å². The lowest BCUT2D eigenvalue weighted by Gasteiger charge is -2.28. The number of rotatable bonds is 9. The first-order valence-electron chi connectivity index (χ1n) is 13.1. The van der Waals surface area contributed by atoms with Crippen LogP contribution in [0.1, 0.15) is 0 Å². The monoisotopic (exact) mass is 579 g/mol. The van der Waals surface area contributed by atoms with Crippen LogP contribution in [0.4, 0.5) is 23.0 Å². The Bertz CT molecular complexity index is 1670. The molecule has 1 N–H and O–H groups in total. The maximum absolute atomic E-state index is 12.9. The van der Waals surface area contributed by atoms with Crippen molar-refractivity contribution in [1.82, 2.24) is 19.5 Å². The van der Waals surface area contributed by atoms with E-state index in [-0.39, 0.29) is 5.91 Å². The first-order valence-corrected chi connectivity index (χ1v) is 14.9. The molecular formula is C28H33N7O5S. The van der Waals surface area contributed by atoms with E-state index in [4.69, 9.17) is 9.47 Å². The third-order valence-electron chi connectivity index (χ3n) is 7.07.